The highest BCUT2D eigenvalue weighted by atomic mass is 35.5. The highest BCUT2D eigenvalue weighted by Crippen LogP contribution is 2.33. The van der Waals surface area contributed by atoms with Crippen LogP contribution in [0, 0.1) is 0 Å². The van der Waals surface area contributed by atoms with Crippen molar-refractivity contribution in [2.24, 2.45) is 0 Å². The van der Waals surface area contributed by atoms with Gasteiger partial charge in [0.05, 0.1) is 30.5 Å². The van der Waals surface area contributed by atoms with Crippen LogP contribution in [0.2, 0.25) is 25.1 Å². The average Bonchev–Trinajstić information content (AvgIpc) is 3.31. The van der Waals surface area contributed by atoms with Crippen molar-refractivity contribution < 1.29 is 9.53 Å². The number of rotatable bonds is 9. The predicted molar refractivity (Wildman–Crippen MR) is 153 cm³/mol. The minimum atomic E-state index is -0.595. The van der Waals surface area contributed by atoms with E-state index in [1.807, 2.05) is 34.2 Å². The number of nitrogens with one attached hydrogen (secondary N) is 1. The van der Waals surface area contributed by atoms with Crippen LogP contribution in [0.1, 0.15) is 17.2 Å². The fourth-order valence-corrected chi connectivity index (χ4v) is 5.08. The number of ether oxygens (including phenoxy) is 1. The van der Waals surface area contributed by atoms with Crippen molar-refractivity contribution in [3.05, 3.63) is 109 Å². The maximum absolute atomic E-state index is 12.6. The average molecular weight is 620 g/mol. The number of carbonyl (C=O) groups excluding carboxylic acids is 1. The summed E-state index contributed by atoms with van der Waals surface area (Å²) in [5.74, 6) is -0.232. The van der Waals surface area contributed by atoms with Crippen LogP contribution in [-0.4, -0.2) is 34.4 Å². The summed E-state index contributed by atoms with van der Waals surface area (Å²) in [7, 11) is 0. The highest BCUT2D eigenvalue weighted by molar-refractivity contribution is 6.37. The van der Waals surface area contributed by atoms with E-state index in [-0.39, 0.29) is 19.1 Å². The second-order valence-electron chi connectivity index (χ2n) is 8.26. The van der Waals surface area contributed by atoms with Gasteiger partial charge in [-0.05, 0) is 53.6 Å². The minimum Gasteiger partial charge on any atom is -0.365 e. The number of anilines is 1. The lowest BCUT2D eigenvalue weighted by Gasteiger charge is -2.31. The van der Waals surface area contributed by atoms with Gasteiger partial charge in [-0.2, -0.15) is 0 Å². The SMILES string of the molecule is O=C(CN1C=CN(C(Cl)C(OCc2ccc(Cl)cc2Cl)c2ccc(Cl)cc2)C1)Nc1ccc(Cl)cc1Cl. The summed E-state index contributed by atoms with van der Waals surface area (Å²) in [5, 5.41) is 5.31. The van der Waals surface area contributed by atoms with E-state index < -0.39 is 11.6 Å². The molecule has 2 unspecified atom stereocenters. The van der Waals surface area contributed by atoms with Crippen LogP contribution in [0.25, 0.3) is 0 Å². The molecule has 4 rings (SSSR count). The van der Waals surface area contributed by atoms with Crippen molar-refractivity contribution in [3.63, 3.8) is 0 Å². The van der Waals surface area contributed by atoms with Gasteiger partial charge >= 0.3 is 0 Å². The minimum absolute atomic E-state index is 0.0996. The zero-order chi connectivity index (χ0) is 26.5. The third-order valence-electron chi connectivity index (χ3n) is 5.56. The molecule has 1 aliphatic heterocycles. The van der Waals surface area contributed by atoms with Crippen molar-refractivity contribution in [3.8, 4) is 0 Å². The molecule has 0 aromatic heterocycles. The molecule has 0 aliphatic carbocycles. The number of halogens is 6. The summed E-state index contributed by atoms with van der Waals surface area (Å²) in [6.07, 6.45) is 3.09. The molecule has 194 valence electrons. The fraction of sp³-hybridized carbons (Fsp3) is 0.192. The molecule has 0 fully saturated rings. The van der Waals surface area contributed by atoms with Crippen LogP contribution in [0.4, 0.5) is 5.69 Å². The van der Waals surface area contributed by atoms with Crippen molar-refractivity contribution in [1.82, 2.24) is 9.80 Å². The van der Waals surface area contributed by atoms with Crippen LogP contribution < -0.4 is 5.32 Å². The molecule has 1 aliphatic rings. The smallest absolute Gasteiger partial charge is 0.243 e. The molecule has 0 spiro atoms. The van der Waals surface area contributed by atoms with E-state index in [1.54, 1.807) is 48.7 Å². The maximum atomic E-state index is 12.6. The molecule has 11 heteroatoms. The Bertz CT molecular complexity index is 1290. The Morgan fingerprint density at radius 2 is 1.51 bits per heavy atom. The Balaban J connectivity index is 1.41. The third kappa shape index (κ3) is 7.61. The van der Waals surface area contributed by atoms with Crippen LogP contribution in [0.5, 0.6) is 0 Å². The lowest BCUT2D eigenvalue weighted by atomic mass is 10.1. The predicted octanol–water partition coefficient (Wildman–Crippen LogP) is 8.46. The van der Waals surface area contributed by atoms with Crippen molar-refractivity contribution in [1.29, 1.82) is 0 Å². The van der Waals surface area contributed by atoms with Gasteiger partial charge in [0.1, 0.15) is 11.6 Å². The van der Waals surface area contributed by atoms with Gasteiger partial charge in [0.15, 0.2) is 0 Å². The summed E-state index contributed by atoms with van der Waals surface area (Å²) in [4.78, 5) is 16.3. The van der Waals surface area contributed by atoms with Gasteiger partial charge in [0.25, 0.3) is 0 Å². The number of hydrogen-bond acceptors (Lipinski definition) is 4. The normalized spacial score (nSPS) is 14.6. The van der Waals surface area contributed by atoms with Gasteiger partial charge < -0.3 is 19.9 Å². The van der Waals surface area contributed by atoms with E-state index in [0.717, 1.165) is 11.1 Å². The maximum Gasteiger partial charge on any atom is 0.243 e. The Hall–Kier alpha value is -1.83. The van der Waals surface area contributed by atoms with Gasteiger partial charge in [-0.25, -0.2) is 0 Å². The quantitative estimate of drug-likeness (QED) is 0.193. The van der Waals surface area contributed by atoms with Gasteiger partial charge in [-0.1, -0.05) is 87.8 Å². The number of alkyl halides is 1. The van der Waals surface area contributed by atoms with E-state index >= 15 is 0 Å². The second-order valence-corrected chi connectivity index (χ2v) is 10.8. The molecule has 3 aromatic carbocycles. The van der Waals surface area contributed by atoms with E-state index in [1.165, 1.54) is 0 Å². The lowest BCUT2D eigenvalue weighted by Crippen LogP contribution is -2.38. The number of nitrogens with zero attached hydrogens (tertiary/aromatic N) is 2. The molecule has 3 aromatic rings. The highest BCUT2D eigenvalue weighted by Gasteiger charge is 2.30. The van der Waals surface area contributed by atoms with Gasteiger partial charge in [0, 0.05) is 32.5 Å². The molecule has 0 bridgehead atoms. The third-order valence-corrected chi connectivity index (χ3v) is 7.43. The largest absolute Gasteiger partial charge is 0.365 e. The molecule has 0 saturated heterocycles. The van der Waals surface area contributed by atoms with Crippen LogP contribution in [0.15, 0.2) is 73.1 Å². The molecule has 37 heavy (non-hydrogen) atoms. The Morgan fingerprint density at radius 3 is 2.19 bits per heavy atom. The molecule has 1 N–H and O–H groups in total. The standard InChI is InChI=1S/C26H21Cl6N3O2/c27-18-4-1-16(2-5-18)25(37-14-17-3-6-19(28)11-21(17)30)26(32)35-10-9-34(15-35)13-24(36)33-23-8-7-20(29)12-22(23)31/h1-12,25-26H,13-15H2,(H,33,36). The monoisotopic (exact) mass is 617 g/mol. The number of benzene rings is 3. The molecule has 2 atom stereocenters. The van der Waals surface area contributed by atoms with E-state index in [2.05, 4.69) is 5.32 Å². The molecular formula is C26H21Cl6N3O2. The topological polar surface area (TPSA) is 44.8 Å². The Morgan fingerprint density at radius 1 is 0.865 bits per heavy atom. The summed E-state index contributed by atoms with van der Waals surface area (Å²) in [5.41, 5.74) is 1.52. The first-order chi connectivity index (χ1) is 17.7. The van der Waals surface area contributed by atoms with Crippen molar-refractivity contribution in [2.45, 2.75) is 18.2 Å². The molecule has 0 saturated carbocycles. The van der Waals surface area contributed by atoms with E-state index in [0.29, 0.717) is 37.5 Å². The molecule has 1 heterocycles. The first kappa shape index (κ1) is 28.2. The number of amides is 1. The van der Waals surface area contributed by atoms with Gasteiger partial charge in [0.2, 0.25) is 5.91 Å². The van der Waals surface area contributed by atoms with E-state index in [4.69, 9.17) is 74.3 Å². The van der Waals surface area contributed by atoms with Crippen LogP contribution in [-0.2, 0) is 16.1 Å². The van der Waals surface area contributed by atoms with Crippen LogP contribution >= 0.6 is 69.6 Å². The second kappa shape index (κ2) is 12.8. The molecule has 5 nitrogen and oxygen atoms in total. The molecule has 0 radical (unpaired) electrons. The number of hydrogen-bond donors (Lipinski definition) is 1. The van der Waals surface area contributed by atoms with Crippen LogP contribution in [0.3, 0.4) is 0 Å². The number of carbonyl (C=O) groups is 1. The first-order valence-corrected chi connectivity index (χ1v) is 13.4. The lowest BCUT2D eigenvalue weighted by molar-refractivity contribution is -0.117. The molecule has 1 amide bonds. The zero-order valence-electron chi connectivity index (χ0n) is 19.2. The van der Waals surface area contributed by atoms with E-state index in [9.17, 15) is 4.79 Å². The summed E-state index contributed by atoms with van der Waals surface area (Å²) < 4.78 is 6.27. The Labute approximate surface area is 245 Å². The van der Waals surface area contributed by atoms with Gasteiger partial charge in [-0.3, -0.25) is 4.79 Å². The van der Waals surface area contributed by atoms with Crippen molar-refractivity contribution >= 4 is 81.2 Å². The summed E-state index contributed by atoms with van der Waals surface area (Å²) in [6.45, 7) is 0.700. The fourth-order valence-electron chi connectivity index (χ4n) is 3.69. The van der Waals surface area contributed by atoms with Crippen molar-refractivity contribution in [2.75, 3.05) is 18.5 Å². The zero-order valence-corrected chi connectivity index (χ0v) is 23.7. The Kier molecular flexibility index (Phi) is 9.76. The summed E-state index contributed by atoms with van der Waals surface area (Å²) >= 11 is 37.5. The van der Waals surface area contributed by atoms with Gasteiger partial charge in [-0.15, -0.1) is 0 Å². The summed E-state index contributed by atoms with van der Waals surface area (Å²) in [6, 6.07) is 17.4. The molecular weight excluding hydrogens is 599 g/mol. The first-order valence-electron chi connectivity index (χ1n) is 11.1.